The van der Waals surface area contributed by atoms with Crippen molar-refractivity contribution in [3.8, 4) is 0 Å². The molecule has 5 fully saturated rings. The molecule has 4 aliphatic carbocycles. The summed E-state index contributed by atoms with van der Waals surface area (Å²) in [5.74, 6) is 0.498. The molecule has 0 aromatic rings. The van der Waals surface area contributed by atoms with Gasteiger partial charge in [0.15, 0.2) is 6.29 Å². The molecule has 0 spiro atoms. The number of hydrogen-bond acceptors (Lipinski definition) is 9. The Labute approximate surface area is 230 Å². The molecule has 6 rings (SSSR count). The fraction of sp³-hybridized carbons (Fsp3) is 0.900. The van der Waals surface area contributed by atoms with Gasteiger partial charge in [0, 0.05) is 25.2 Å². The average Bonchev–Trinajstić information content (AvgIpc) is 3.47. The highest BCUT2D eigenvalue weighted by atomic mass is 16.7. The van der Waals surface area contributed by atoms with Gasteiger partial charge in [-0.1, -0.05) is 6.92 Å². The molecule has 13 atom stereocenters. The molecule has 0 amide bonds. The van der Waals surface area contributed by atoms with E-state index in [2.05, 4.69) is 6.92 Å². The van der Waals surface area contributed by atoms with E-state index in [1.54, 1.807) is 13.0 Å². The highest BCUT2D eigenvalue weighted by molar-refractivity contribution is 5.85. The molecule has 0 radical (unpaired) electrons. The summed E-state index contributed by atoms with van der Waals surface area (Å²) in [6.45, 7) is 4.41. The van der Waals surface area contributed by atoms with Crippen molar-refractivity contribution in [2.45, 2.75) is 114 Å². The zero-order valence-electron chi connectivity index (χ0n) is 23.5. The first-order valence-electron chi connectivity index (χ1n) is 15.0. The lowest BCUT2D eigenvalue weighted by Gasteiger charge is -2.64. The van der Waals surface area contributed by atoms with Crippen LogP contribution in [0.25, 0.3) is 0 Å². The fourth-order valence-electron chi connectivity index (χ4n) is 10.2. The summed E-state index contributed by atoms with van der Waals surface area (Å²) in [4.78, 5) is 11.8. The minimum atomic E-state index is -1.09. The summed E-state index contributed by atoms with van der Waals surface area (Å²) in [5.41, 5.74) is -0.343. The van der Waals surface area contributed by atoms with E-state index in [1.165, 1.54) is 7.11 Å². The number of methoxy groups -OCH3 is 1. The Morgan fingerprint density at radius 2 is 1.85 bits per heavy atom. The SMILES string of the molecule is CO[C@@H]1[C@@H](O)[C@@H](C)O[C@@H](OC2CC[C@]3(CO)C4CCC5(C)C(C6=CC(=O)OC6)CC[C@]5(O)C4CC[C@@H]3C2)[C@@H]1O. The molecule has 2 aliphatic heterocycles. The van der Waals surface area contributed by atoms with Crippen LogP contribution in [0.3, 0.4) is 0 Å². The van der Waals surface area contributed by atoms with E-state index >= 15 is 0 Å². The number of hydrogen-bond donors (Lipinski definition) is 4. The molecule has 9 nitrogen and oxygen atoms in total. The standard InChI is InChI=1S/C30H46O9/c1-16-24(33)26(36-3)25(34)27(38-16)39-19-6-10-29(15-31)18(13-19)4-5-22-21(29)7-9-28(2)20(8-11-30(22,28)35)17-12-23(32)37-14-17/h12,16,18-22,24-27,31,33-35H,4-11,13-15H2,1-3H3/t16-,18-,19?,20?,21?,22?,24+,25-,26-,27+,28?,29-,30+/m1/s1. The van der Waals surface area contributed by atoms with Crippen molar-refractivity contribution in [1.29, 1.82) is 0 Å². The van der Waals surface area contributed by atoms with Gasteiger partial charge >= 0.3 is 5.97 Å². The third-order valence-corrected chi connectivity index (χ3v) is 12.3. The van der Waals surface area contributed by atoms with Crippen molar-refractivity contribution in [1.82, 2.24) is 0 Å². The first-order chi connectivity index (χ1) is 18.6. The van der Waals surface area contributed by atoms with Crippen molar-refractivity contribution in [2.75, 3.05) is 20.3 Å². The van der Waals surface area contributed by atoms with Crippen molar-refractivity contribution in [3.63, 3.8) is 0 Å². The Morgan fingerprint density at radius 1 is 1.05 bits per heavy atom. The number of cyclic esters (lactones) is 1. The maximum atomic E-state index is 12.4. The van der Waals surface area contributed by atoms with Gasteiger partial charge in [-0.15, -0.1) is 0 Å². The molecule has 220 valence electrons. The van der Waals surface area contributed by atoms with Crippen LogP contribution in [-0.4, -0.2) is 89.1 Å². The van der Waals surface area contributed by atoms with Gasteiger partial charge in [0.05, 0.1) is 17.8 Å². The number of fused-ring (bicyclic) bond motifs is 5. The van der Waals surface area contributed by atoms with Crippen LogP contribution in [0.5, 0.6) is 0 Å². The Hall–Kier alpha value is -1.07. The van der Waals surface area contributed by atoms with Crippen LogP contribution < -0.4 is 0 Å². The highest BCUT2D eigenvalue weighted by Gasteiger charge is 2.68. The van der Waals surface area contributed by atoms with E-state index in [9.17, 15) is 25.2 Å². The molecule has 0 bridgehead atoms. The van der Waals surface area contributed by atoms with Gasteiger partial charge in [0.2, 0.25) is 0 Å². The fourth-order valence-corrected chi connectivity index (χ4v) is 10.2. The molecule has 6 aliphatic rings. The number of aliphatic hydroxyl groups excluding tert-OH is 3. The van der Waals surface area contributed by atoms with Gasteiger partial charge < -0.3 is 39.4 Å². The van der Waals surface area contributed by atoms with Crippen LogP contribution in [0.4, 0.5) is 0 Å². The van der Waals surface area contributed by atoms with Gasteiger partial charge in [-0.3, -0.25) is 0 Å². The third-order valence-electron chi connectivity index (χ3n) is 12.3. The van der Waals surface area contributed by atoms with E-state index in [4.69, 9.17) is 18.9 Å². The number of rotatable bonds is 5. The van der Waals surface area contributed by atoms with Crippen LogP contribution in [0.15, 0.2) is 11.6 Å². The molecule has 4 N–H and O–H groups in total. The van der Waals surface area contributed by atoms with Crippen molar-refractivity contribution < 1.29 is 44.2 Å². The maximum Gasteiger partial charge on any atom is 0.331 e. The molecule has 39 heavy (non-hydrogen) atoms. The monoisotopic (exact) mass is 550 g/mol. The Bertz CT molecular complexity index is 985. The van der Waals surface area contributed by atoms with E-state index in [1.807, 2.05) is 0 Å². The first kappa shape index (κ1) is 28.1. The smallest absolute Gasteiger partial charge is 0.331 e. The zero-order valence-corrected chi connectivity index (χ0v) is 23.5. The highest BCUT2D eigenvalue weighted by Crippen LogP contribution is 2.70. The molecular formula is C30H46O9. The lowest BCUT2D eigenvalue weighted by atomic mass is 9.43. The summed E-state index contributed by atoms with van der Waals surface area (Å²) in [6.07, 6.45) is 4.91. The van der Waals surface area contributed by atoms with E-state index in [0.717, 1.165) is 63.4 Å². The number of esters is 1. The van der Waals surface area contributed by atoms with Crippen LogP contribution in [-0.2, 0) is 23.7 Å². The third kappa shape index (κ3) is 4.09. The lowest BCUT2D eigenvalue weighted by molar-refractivity contribution is -0.314. The summed E-state index contributed by atoms with van der Waals surface area (Å²) in [6, 6.07) is 0. The summed E-state index contributed by atoms with van der Waals surface area (Å²) in [7, 11) is 1.47. The second kappa shape index (κ2) is 10.0. The van der Waals surface area contributed by atoms with Crippen molar-refractivity contribution >= 4 is 5.97 Å². The first-order valence-corrected chi connectivity index (χ1v) is 15.0. The second-order valence-corrected chi connectivity index (χ2v) is 13.6. The van der Waals surface area contributed by atoms with Crippen molar-refractivity contribution in [2.24, 2.45) is 34.5 Å². The number of aliphatic hydroxyl groups is 4. The minimum absolute atomic E-state index is 0.104. The van der Waals surface area contributed by atoms with Crippen LogP contribution in [0, 0.1) is 34.5 Å². The normalized spacial score (nSPS) is 53.4. The summed E-state index contributed by atoms with van der Waals surface area (Å²) < 4.78 is 22.7. The van der Waals surface area contributed by atoms with E-state index in [0.29, 0.717) is 6.61 Å². The molecular weight excluding hydrogens is 504 g/mol. The minimum Gasteiger partial charge on any atom is -0.458 e. The quantitative estimate of drug-likeness (QED) is 0.300. The molecule has 0 aromatic carbocycles. The average molecular weight is 551 g/mol. The van der Waals surface area contributed by atoms with Gasteiger partial charge in [-0.05, 0) is 99.4 Å². The molecule has 1 saturated heterocycles. The molecule has 2 heterocycles. The van der Waals surface area contributed by atoms with Gasteiger partial charge in [-0.25, -0.2) is 4.79 Å². The molecule has 0 aromatic heterocycles. The van der Waals surface area contributed by atoms with Gasteiger partial charge in [0.25, 0.3) is 0 Å². The molecule has 4 saturated carbocycles. The Kier molecular flexibility index (Phi) is 7.22. The van der Waals surface area contributed by atoms with Gasteiger partial charge in [-0.2, -0.15) is 0 Å². The van der Waals surface area contributed by atoms with Crippen molar-refractivity contribution in [3.05, 3.63) is 11.6 Å². The Morgan fingerprint density at radius 3 is 2.54 bits per heavy atom. The van der Waals surface area contributed by atoms with Crippen LogP contribution in [0.2, 0.25) is 0 Å². The number of carbonyl (C=O) groups excluding carboxylic acids is 1. The zero-order chi connectivity index (χ0) is 27.7. The van der Waals surface area contributed by atoms with E-state index in [-0.39, 0.29) is 53.2 Å². The van der Waals surface area contributed by atoms with Gasteiger partial charge in [0.1, 0.15) is 24.9 Å². The van der Waals surface area contributed by atoms with Crippen LogP contribution in [0.1, 0.15) is 71.6 Å². The summed E-state index contributed by atoms with van der Waals surface area (Å²) in [5, 5.41) is 44.4. The lowest BCUT2D eigenvalue weighted by Crippen LogP contribution is -2.64. The topological polar surface area (TPSA) is 135 Å². The summed E-state index contributed by atoms with van der Waals surface area (Å²) >= 11 is 0. The predicted octanol–water partition coefficient (Wildman–Crippen LogP) is 2.08. The number of carbonyl (C=O) groups is 1. The maximum absolute atomic E-state index is 12.4. The molecule has 5 unspecified atom stereocenters. The van der Waals surface area contributed by atoms with E-state index < -0.39 is 36.3 Å². The molecule has 9 heteroatoms. The van der Waals surface area contributed by atoms with Crippen LogP contribution >= 0.6 is 0 Å². The predicted molar refractivity (Wildman–Crippen MR) is 139 cm³/mol. The second-order valence-electron chi connectivity index (χ2n) is 13.6. The number of ether oxygens (including phenoxy) is 4. The Balaban J connectivity index is 1.18. The largest absolute Gasteiger partial charge is 0.458 e.